The van der Waals surface area contributed by atoms with Crippen LogP contribution in [0.1, 0.15) is 49.9 Å². The van der Waals surface area contributed by atoms with Gasteiger partial charge in [-0.05, 0) is 62.7 Å². The predicted molar refractivity (Wildman–Crippen MR) is 154 cm³/mol. The van der Waals surface area contributed by atoms with Crippen molar-refractivity contribution in [2.24, 2.45) is 0 Å². The zero-order chi connectivity index (χ0) is 25.4. The van der Waals surface area contributed by atoms with E-state index in [1.807, 2.05) is 6.07 Å². The van der Waals surface area contributed by atoms with Crippen molar-refractivity contribution in [2.45, 2.75) is 38.5 Å². The van der Waals surface area contributed by atoms with Gasteiger partial charge in [0.25, 0.3) is 0 Å². The van der Waals surface area contributed by atoms with Crippen LogP contribution in [-0.2, 0) is 10.8 Å². The quantitative estimate of drug-likeness (QED) is 0.245. The SMILES string of the molecule is CC1(C)c2ccccc2Oc2ccc(-c3ccc(-c4cccc5c4-c4ccccc4C5(C)C)cc3)cc21. The van der Waals surface area contributed by atoms with Gasteiger partial charge < -0.3 is 4.74 Å². The summed E-state index contributed by atoms with van der Waals surface area (Å²) in [7, 11) is 0. The Morgan fingerprint density at radius 1 is 0.432 bits per heavy atom. The van der Waals surface area contributed by atoms with Crippen LogP contribution in [0.25, 0.3) is 33.4 Å². The maximum absolute atomic E-state index is 6.27. The number of rotatable bonds is 2. The zero-order valence-corrected chi connectivity index (χ0v) is 21.8. The molecule has 0 amide bonds. The van der Waals surface area contributed by atoms with Gasteiger partial charge in [0.05, 0.1) is 0 Å². The van der Waals surface area contributed by atoms with Crippen LogP contribution in [0.5, 0.6) is 11.5 Å². The molecule has 1 aliphatic heterocycles. The lowest BCUT2D eigenvalue weighted by Crippen LogP contribution is -2.24. The first-order valence-electron chi connectivity index (χ1n) is 13.1. The van der Waals surface area contributed by atoms with Crippen molar-refractivity contribution >= 4 is 0 Å². The topological polar surface area (TPSA) is 9.23 Å². The maximum atomic E-state index is 6.27. The molecule has 0 radical (unpaired) electrons. The standard InChI is InChI=1S/C36H30O/c1-35(2)28-12-6-5-10-27(28)34-26(11-9-14-30(34)35)24-18-16-23(17-19-24)25-20-21-33-31(22-25)36(3,4)29-13-7-8-15-32(29)37-33/h5-22H,1-4H3. The normalized spacial score (nSPS) is 15.7. The molecule has 1 heteroatoms. The average molecular weight is 479 g/mol. The first-order chi connectivity index (χ1) is 17.9. The molecule has 0 spiro atoms. The van der Waals surface area contributed by atoms with E-state index in [0.29, 0.717) is 0 Å². The van der Waals surface area contributed by atoms with E-state index in [1.54, 1.807) is 0 Å². The van der Waals surface area contributed by atoms with Gasteiger partial charge in [0.1, 0.15) is 11.5 Å². The van der Waals surface area contributed by atoms with E-state index < -0.39 is 0 Å². The van der Waals surface area contributed by atoms with Crippen molar-refractivity contribution in [1.29, 1.82) is 0 Å². The molecule has 1 aliphatic carbocycles. The molecule has 0 aromatic heterocycles. The Hall–Kier alpha value is -4.10. The number of hydrogen-bond acceptors (Lipinski definition) is 1. The average Bonchev–Trinajstić information content (AvgIpc) is 3.16. The summed E-state index contributed by atoms with van der Waals surface area (Å²) in [4.78, 5) is 0. The van der Waals surface area contributed by atoms with Gasteiger partial charge in [-0.1, -0.05) is 119 Å². The highest BCUT2D eigenvalue weighted by molar-refractivity contribution is 5.92. The molecule has 0 unspecified atom stereocenters. The zero-order valence-electron chi connectivity index (χ0n) is 21.8. The highest BCUT2D eigenvalue weighted by Crippen LogP contribution is 2.52. The third-order valence-corrected chi connectivity index (χ3v) is 8.57. The molecule has 0 fully saturated rings. The van der Waals surface area contributed by atoms with E-state index in [2.05, 4.69) is 131 Å². The lowest BCUT2D eigenvalue weighted by molar-refractivity contribution is 0.418. The van der Waals surface area contributed by atoms with Crippen LogP contribution >= 0.6 is 0 Å². The van der Waals surface area contributed by atoms with Gasteiger partial charge in [-0.2, -0.15) is 0 Å². The van der Waals surface area contributed by atoms with Crippen molar-refractivity contribution in [1.82, 2.24) is 0 Å². The molecular formula is C36H30O. The molecule has 2 aliphatic rings. The second-order valence-corrected chi connectivity index (χ2v) is 11.4. The molecule has 5 aromatic rings. The lowest BCUT2D eigenvalue weighted by atomic mass is 9.75. The Labute approximate surface area is 219 Å². The Morgan fingerprint density at radius 2 is 1.00 bits per heavy atom. The molecular weight excluding hydrogens is 448 g/mol. The minimum absolute atomic E-state index is 0.0124. The molecule has 0 bridgehead atoms. The Balaban J connectivity index is 1.29. The minimum Gasteiger partial charge on any atom is -0.457 e. The fraction of sp³-hybridized carbons (Fsp3) is 0.167. The van der Waals surface area contributed by atoms with E-state index in [4.69, 9.17) is 4.74 Å². The Bertz CT molecular complexity index is 1690. The third kappa shape index (κ3) is 3.17. The fourth-order valence-corrected chi connectivity index (χ4v) is 6.46. The molecule has 1 heterocycles. The van der Waals surface area contributed by atoms with Gasteiger partial charge in [0.2, 0.25) is 0 Å². The van der Waals surface area contributed by atoms with E-state index in [0.717, 1.165) is 11.5 Å². The Morgan fingerprint density at radius 3 is 1.81 bits per heavy atom. The molecule has 5 aromatic carbocycles. The summed E-state index contributed by atoms with van der Waals surface area (Å²) in [5.41, 5.74) is 12.9. The van der Waals surface area contributed by atoms with Crippen LogP contribution < -0.4 is 4.74 Å². The first-order valence-corrected chi connectivity index (χ1v) is 13.1. The smallest absolute Gasteiger partial charge is 0.131 e. The van der Waals surface area contributed by atoms with E-state index in [9.17, 15) is 0 Å². The van der Waals surface area contributed by atoms with Crippen molar-refractivity contribution in [2.75, 3.05) is 0 Å². The number of fused-ring (bicyclic) bond motifs is 5. The van der Waals surface area contributed by atoms with Crippen molar-refractivity contribution < 1.29 is 4.74 Å². The molecule has 180 valence electrons. The van der Waals surface area contributed by atoms with Gasteiger partial charge in [0.15, 0.2) is 0 Å². The number of ether oxygens (including phenoxy) is 1. The second-order valence-electron chi connectivity index (χ2n) is 11.4. The third-order valence-electron chi connectivity index (χ3n) is 8.57. The highest BCUT2D eigenvalue weighted by atomic mass is 16.5. The summed E-state index contributed by atoms with van der Waals surface area (Å²) in [5, 5.41) is 0. The molecule has 37 heavy (non-hydrogen) atoms. The number of para-hydroxylation sites is 1. The van der Waals surface area contributed by atoms with Crippen LogP contribution in [0.3, 0.4) is 0 Å². The Kier molecular flexibility index (Phi) is 4.60. The van der Waals surface area contributed by atoms with Crippen LogP contribution in [0.15, 0.2) is 109 Å². The maximum Gasteiger partial charge on any atom is 0.131 e. The van der Waals surface area contributed by atoms with Gasteiger partial charge in [0, 0.05) is 22.0 Å². The first kappa shape index (κ1) is 22.1. The number of benzene rings is 5. The van der Waals surface area contributed by atoms with Crippen LogP contribution in [0.2, 0.25) is 0 Å². The lowest BCUT2D eigenvalue weighted by Gasteiger charge is -2.34. The second kappa shape index (κ2) is 7.70. The molecule has 0 saturated heterocycles. The van der Waals surface area contributed by atoms with Gasteiger partial charge in [-0.25, -0.2) is 0 Å². The summed E-state index contributed by atoms with van der Waals surface area (Å²) in [6, 6.07) is 39.7. The van der Waals surface area contributed by atoms with Gasteiger partial charge in [-0.15, -0.1) is 0 Å². The largest absolute Gasteiger partial charge is 0.457 e. The fourth-order valence-electron chi connectivity index (χ4n) is 6.46. The monoisotopic (exact) mass is 478 g/mol. The van der Waals surface area contributed by atoms with Crippen LogP contribution in [0, 0.1) is 0 Å². The summed E-state index contributed by atoms with van der Waals surface area (Å²) in [6.45, 7) is 9.25. The van der Waals surface area contributed by atoms with E-state index in [1.165, 1.54) is 55.6 Å². The minimum atomic E-state index is -0.120. The van der Waals surface area contributed by atoms with Crippen molar-refractivity contribution in [3.63, 3.8) is 0 Å². The van der Waals surface area contributed by atoms with Crippen molar-refractivity contribution in [3.05, 3.63) is 131 Å². The molecule has 0 saturated carbocycles. The van der Waals surface area contributed by atoms with Crippen LogP contribution in [0.4, 0.5) is 0 Å². The number of hydrogen-bond donors (Lipinski definition) is 0. The van der Waals surface area contributed by atoms with Gasteiger partial charge in [-0.3, -0.25) is 0 Å². The van der Waals surface area contributed by atoms with Crippen molar-refractivity contribution in [3.8, 4) is 44.9 Å². The van der Waals surface area contributed by atoms with Crippen LogP contribution in [-0.4, -0.2) is 0 Å². The molecule has 0 N–H and O–H groups in total. The molecule has 7 rings (SSSR count). The molecule has 0 atom stereocenters. The van der Waals surface area contributed by atoms with E-state index in [-0.39, 0.29) is 10.8 Å². The highest BCUT2D eigenvalue weighted by Gasteiger charge is 2.37. The summed E-state index contributed by atoms with van der Waals surface area (Å²) in [5.74, 6) is 1.91. The summed E-state index contributed by atoms with van der Waals surface area (Å²) in [6.07, 6.45) is 0. The van der Waals surface area contributed by atoms with E-state index >= 15 is 0 Å². The summed E-state index contributed by atoms with van der Waals surface area (Å²) < 4.78 is 6.27. The summed E-state index contributed by atoms with van der Waals surface area (Å²) >= 11 is 0. The predicted octanol–water partition coefficient (Wildman–Crippen LogP) is 9.76. The molecule has 1 nitrogen and oxygen atoms in total. The van der Waals surface area contributed by atoms with Gasteiger partial charge >= 0.3 is 0 Å².